The van der Waals surface area contributed by atoms with Gasteiger partial charge in [0.1, 0.15) is 11.9 Å². The number of fused-ring (bicyclic) bond motifs is 1. The maximum absolute atomic E-state index is 12.4. The van der Waals surface area contributed by atoms with Gasteiger partial charge in [0, 0.05) is 44.7 Å². The average molecular weight is 513 g/mol. The summed E-state index contributed by atoms with van der Waals surface area (Å²) in [5.41, 5.74) is 17.3. The molecule has 0 unspecified atom stereocenters. The number of piperazine rings is 1. The van der Waals surface area contributed by atoms with Gasteiger partial charge in [0.15, 0.2) is 5.82 Å². The fourth-order valence-electron chi connectivity index (χ4n) is 5.40. The summed E-state index contributed by atoms with van der Waals surface area (Å²) in [6, 6.07) is 20.2. The average Bonchev–Trinajstić information content (AvgIpc) is 3.34. The highest BCUT2D eigenvalue weighted by Gasteiger charge is 2.23. The second-order valence-corrected chi connectivity index (χ2v) is 9.84. The molecule has 0 bridgehead atoms. The number of aromatic nitrogens is 2. The lowest BCUT2D eigenvalue weighted by molar-refractivity contribution is 0.0262. The highest BCUT2D eigenvalue weighted by atomic mass is 16.5. The second kappa shape index (κ2) is 10.3. The lowest BCUT2D eigenvalue weighted by Gasteiger charge is -2.38. The number of carbonyl (C=O) groups is 1. The van der Waals surface area contributed by atoms with Crippen LogP contribution in [0.4, 0.5) is 17.2 Å². The van der Waals surface area contributed by atoms with Gasteiger partial charge in [-0.3, -0.25) is 9.89 Å². The number of nitrogens with zero attached hydrogens (tertiary/aromatic N) is 3. The number of carbonyl (C=O) groups excluding carboxylic acids is 1. The first kappa shape index (κ1) is 24.1. The largest absolute Gasteiger partial charge is 0.489 e. The van der Waals surface area contributed by atoms with E-state index in [4.69, 9.17) is 20.9 Å². The third kappa shape index (κ3) is 4.72. The lowest BCUT2D eigenvalue weighted by Crippen LogP contribution is -2.47. The van der Waals surface area contributed by atoms with Gasteiger partial charge in [-0.05, 0) is 47.5 Å². The zero-order valence-electron chi connectivity index (χ0n) is 21.2. The number of nitrogens with two attached hydrogens (primary N) is 2. The molecule has 3 aromatic carbocycles. The first-order valence-corrected chi connectivity index (χ1v) is 13.1. The van der Waals surface area contributed by atoms with Gasteiger partial charge in [-0.1, -0.05) is 24.3 Å². The van der Waals surface area contributed by atoms with E-state index < -0.39 is 5.91 Å². The van der Waals surface area contributed by atoms with Crippen molar-refractivity contribution in [1.29, 1.82) is 0 Å². The molecule has 2 fully saturated rings. The summed E-state index contributed by atoms with van der Waals surface area (Å²) in [5.74, 6) is 0.680. The molecule has 9 heteroatoms. The van der Waals surface area contributed by atoms with E-state index in [1.807, 2.05) is 30.3 Å². The number of hydrogen-bond donors (Lipinski definition) is 3. The molecule has 6 rings (SSSR count). The van der Waals surface area contributed by atoms with Crippen LogP contribution in [-0.2, 0) is 4.74 Å². The Morgan fingerprint density at radius 3 is 2.42 bits per heavy atom. The van der Waals surface area contributed by atoms with Crippen LogP contribution in [0.3, 0.4) is 0 Å². The van der Waals surface area contributed by atoms with E-state index in [0.717, 1.165) is 66.7 Å². The number of hydrogen-bond acceptors (Lipinski definition) is 7. The van der Waals surface area contributed by atoms with Crippen LogP contribution in [0.2, 0.25) is 0 Å². The minimum atomic E-state index is -0.433. The van der Waals surface area contributed by atoms with E-state index >= 15 is 0 Å². The summed E-state index contributed by atoms with van der Waals surface area (Å²) in [7, 11) is 0. The minimum Gasteiger partial charge on any atom is -0.489 e. The Kier molecular flexibility index (Phi) is 6.51. The monoisotopic (exact) mass is 512 g/mol. The molecule has 9 nitrogen and oxygen atoms in total. The van der Waals surface area contributed by atoms with Gasteiger partial charge in [0.25, 0.3) is 5.91 Å². The third-order valence-electron chi connectivity index (χ3n) is 7.46. The molecular weight excluding hydrogens is 480 g/mol. The molecule has 4 aromatic rings. The summed E-state index contributed by atoms with van der Waals surface area (Å²) in [6.45, 7) is 4.65. The molecule has 0 radical (unpaired) electrons. The van der Waals surface area contributed by atoms with Crippen molar-refractivity contribution in [2.24, 2.45) is 5.73 Å². The highest BCUT2D eigenvalue weighted by Crippen LogP contribution is 2.38. The number of amides is 1. The Labute approximate surface area is 221 Å². The van der Waals surface area contributed by atoms with Crippen LogP contribution < -0.4 is 26.0 Å². The van der Waals surface area contributed by atoms with E-state index in [1.54, 1.807) is 0 Å². The maximum atomic E-state index is 12.4. The number of nitrogen functional groups attached to an aromatic ring is 1. The van der Waals surface area contributed by atoms with Crippen LogP contribution >= 0.6 is 0 Å². The number of nitrogens with one attached hydrogen (secondary N) is 1. The Bertz CT molecular complexity index is 1440. The molecule has 0 saturated carbocycles. The number of ether oxygens (including phenoxy) is 2. The molecule has 0 atom stereocenters. The van der Waals surface area contributed by atoms with Gasteiger partial charge in [0.2, 0.25) is 0 Å². The minimum absolute atomic E-state index is 0.0604. The summed E-state index contributed by atoms with van der Waals surface area (Å²) in [6.07, 6.45) is 1.72. The second-order valence-electron chi connectivity index (χ2n) is 9.84. The molecule has 5 N–H and O–H groups in total. The van der Waals surface area contributed by atoms with Gasteiger partial charge in [-0.2, -0.15) is 5.10 Å². The van der Waals surface area contributed by atoms with Gasteiger partial charge in [0.05, 0.1) is 35.4 Å². The zero-order valence-corrected chi connectivity index (χ0v) is 21.2. The maximum Gasteiger partial charge on any atom is 0.250 e. The van der Waals surface area contributed by atoms with Gasteiger partial charge in [-0.15, -0.1) is 0 Å². The molecule has 1 amide bonds. The lowest BCUT2D eigenvalue weighted by atomic mass is 9.99. The van der Waals surface area contributed by atoms with E-state index in [0.29, 0.717) is 30.3 Å². The molecule has 2 saturated heterocycles. The molecule has 0 aliphatic carbocycles. The Morgan fingerprint density at radius 2 is 1.68 bits per heavy atom. The van der Waals surface area contributed by atoms with Crippen LogP contribution in [-0.4, -0.2) is 61.6 Å². The summed E-state index contributed by atoms with van der Waals surface area (Å²) in [4.78, 5) is 17.0. The molecule has 38 heavy (non-hydrogen) atoms. The summed E-state index contributed by atoms with van der Waals surface area (Å²) in [5, 5.41) is 8.04. The van der Waals surface area contributed by atoms with Gasteiger partial charge in [-0.25, -0.2) is 0 Å². The van der Waals surface area contributed by atoms with E-state index in [9.17, 15) is 4.79 Å². The van der Waals surface area contributed by atoms with Crippen molar-refractivity contribution in [2.45, 2.75) is 18.9 Å². The Balaban J connectivity index is 1.33. The van der Waals surface area contributed by atoms with Crippen LogP contribution in [0.25, 0.3) is 22.0 Å². The number of H-pyrrole nitrogens is 1. The molecule has 3 heterocycles. The van der Waals surface area contributed by atoms with Crippen molar-refractivity contribution in [1.82, 2.24) is 10.2 Å². The van der Waals surface area contributed by atoms with Crippen LogP contribution in [0.1, 0.15) is 23.2 Å². The number of anilines is 3. The molecule has 196 valence electrons. The van der Waals surface area contributed by atoms with Crippen molar-refractivity contribution >= 4 is 34.0 Å². The quantitative estimate of drug-likeness (QED) is 0.359. The summed E-state index contributed by atoms with van der Waals surface area (Å²) >= 11 is 0. The van der Waals surface area contributed by atoms with E-state index in [-0.39, 0.29) is 6.10 Å². The molecule has 1 aromatic heterocycles. The number of para-hydroxylation sites is 1. The van der Waals surface area contributed by atoms with E-state index in [2.05, 4.69) is 50.3 Å². The number of benzene rings is 3. The number of primary amides is 1. The van der Waals surface area contributed by atoms with Gasteiger partial charge < -0.3 is 30.7 Å². The number of rotatable bonds is 6. The van der Waals surface area contributed by atoms with Gasteiger partial charge >= 0.3 is 0 Å². The van der Waals surface area contributed by atoms with Crippen molar-refractivity contribution in [2.75, 3.05) is 54.9 Å². The van der Waals surface area contributed by atoms with Crippen LogP contribution in [0.15, 0.2) is 60.7 Å². The van der Waals surface area contributed by atoms with Crippen molar-refractivity contribution in [3.05, 3.63) is 66.2 Å². The van der Waals surface area contributed by atoms with Crippen molar-refractivity contribution in [3.8, 4) is 16.9 Å². The fraction of sp³-hybridized carbons (Fsp3) is 0.310. The smallest absolute Gasteiger partial charge is 0.250 e. The molecule has 2 aliphatic rings. The third-order valence-corrected chi connectivity index (χ3v) is 7.46. The van der Waals surface area contributed by atoms with E-state index in [1.165, 1.54) is 5.69 Å². The predicted octanol–water partition coefficient (Wildman–Crippen LogP) is 3.80. The topological polar surface area (TPSA) is 123 Å². The van der Waals surface area contributed by atoms with Crippen LogP contribution in [0, 0.1) is 0 Å². The summed E-state index contributed by atoms with van der Waals surface area (Å²) < 4.78 is 11.9. The fourth-order valence-corrected chi connectivity index (χ4v) is 5.40. The first-order chi connectivity index (χ1) is 18.6. The zero-order chi connectivity index (χ0) is 26.1. The highest BCUT2D eigenvalue weighted by molar-refractivity contribution is 6.01. The molecular formula is C29H32N6O3. The molecule has 0 spiro atoms. The predicted molar refractivity (Wildman–Crippen MR) is 150 cm³/mol. The van der Waals surface area contributed by atoms with Crippen molar-refractivity contribution < 1.29 is 14.3 Å². The SMILES string of the molecule is NC(=O)c1ccc(-c2cc(OC3CCOCC3)c3c(N)n[nH]c3c2)cc1N1CCN(c2ccccc2)CC1. The van der Waals surface area contributed by atoms with Crippen LogP contribution in [0.5, 0.6) is 5.75 Å². The standard InChI is InChI=1S/C29H32N6O3/c30-28-27-24(32-33-28)16-20(18-26(27)38-22-8-14-37-15-9-22)19-6-7-23(29(31)36)25(17-19)35-12-10-34(11-13-35)21-4-2-1-3-5-21/h1-7,16-18,22H,8-15H2,(H2,31,36)(H3,30,32,33). The Morgan fingerprint density at radius 1 is 0.947 bits per heavy atom. The van der Waals surface area contributed by atoms with Crippen molar-refractivity contribution in [3.63, 3.8) is 0 Å². The first-order valence-electron chi connectivity index (χ1n) is 13.1. The normalized spacial score (nSPS) is 16.6. The Hall–Kier alpha value is -4.24. The molecule has 2 aliphatic heterocycles. The number of aromatic amines is 1.